The van der Waals surface area contributed by atoms with Gasteiger partial charge in [0, 0.05) is 29.4 Å². The van der Waals surface area contributed by atoms with Crippen molar-refractivity contribution in [3.8, 4) is 0 Å². The Bertz CT molecular complexity index is 618. The monoisotopic (exact) mass is 361 g/mol. The summed E-state index contributed by atoms with van der Waals surface area (Å²) < 4.78 is 27.2. The lowest BCUT2D eigenvalue weighted by atomic mass is 9.96. The zero-order valence-corrected chi connectivity index (χ0v) is 16.0. The van der Waals surface area contributed by atoms with Crippen LogP contribution in [0, 0.1) is 5.41 Å². The Labute approximate surface area is 143 Å². The number of nitrogens with one attached hydrogen (secondary N) is 3. The molecular formula is C15H27N3O3S2. The molecule has 1 heterocycles. The molecule has 0 saturated carbocycles. The van der Waals surface area contributed by atoms with E-state index in [1.54, 1.807) is 19.2 Å². The molecule has 0 aliphatic heterocycles. The number of thiophene rings is 1. The standard InChI is InChI=1S/C15H27N3O3S2/c1-11(16-5)10-18-23(20,21)13-7-6-12(22-13)8-9-17-14(19)15(2,3)4/h6-7,11,16,18H,8-10H2,1-5H3,(H,17,19). The lowest BCUT2D eigenvalue weighted by Crippen LogP contribution is -2.36. The molecule has 1 aromatic heterocycles. The van der Waals surface area contributed by atoms with Crippen LogP contribution < -0.4 is 15.4 Å². The van der Waals surface area contributed by atoms with Crippen LogP contribution in [-0.2, 0) is 21.2 Å². The summed E-state index contributed by atoms with van der Waals surface area (Å²) in [5, 5.41) is 5.84. The predicted octanol–water partition coefficient (Wildman–Crippen LogP) is 1.34. The third-order valence-corrected chi connectivity index (χ3v) is 6.37. The number of carbonyl (C=O) groups excluding carboxylic acids is 1. The summed E-state index contributed by atoms with van der Waals surface area (Å²) >= 11 is 1.24. The second-order valence-corrected chi connectivity index (χ2v) is 9.68. The fourth-order valence-electron chi connectivity index (χ4n) is 1.61. The van der Waals surface area contributed by atoms with E-state index in [0.29, 0.717) is 23.7 Å². The number of rotatable bonds is 8. The van der Waals surface area contributed by atoms with Crippen molar-refractivity contribution in [2.75, 3.05) is 20.1 Å². The maximum absolute atomic E-state index is 12.2. The summed E-state index contributed by atoms with van der Waals surface area (Å²) in [6, 6.07) is 3.47. The minimum atomic E-state index is -3.47. The molecule has 132 valence electrons. The van der Waals surface area contributed by atoms with E-state index in [-0.39, 0.29) is 11.9 Å². The largest absolute Gasteiger partial charge is 0.355 e. The van der Waals surface area contributed by atoms with Gasteiger partial charge in [0.25, 0.3) is 0 Å². The van der Waals surface area contributed by atoms with Crippen molar-refractivity contribution < 1.29 is 13.2 Å². The molecule has 1 unspecified atom stereocenters. The fourth-order valence-corrected chi connectivity index (χ4v) is 4.14. The summed E-state index contributed by atoms with van der Waals surface area (Å²) in [7, 11) is -1.68. The van der Waals surface area contributed by atoms with Crippen LogP contribution in [0.15, 0.2) is 16.3 Å². The van der Waals surface area contributed by atoms with E-state index in [1.165, 1.54) is 11.3 Å². The summed E-state index contributed by atoms with van der Waals surface area (Å²) in [5.74, 6) is -0.00961. The van der Waals surface area contributed by atoms with Gasteiger partial charge >= 0.3 is 0 Å². The topological polar surface area (TPSA) is 87.3 Å². The Morgan fingerprint density at radius 1 is 1.30 bits per heavy atom. The lowest BCUT2D eigenvalue weighted by molar-refractivity contribution is -0.128. The summed E-state index contributed by atoms with van der Waals surface area (Å²) in [6.45, 7) is 8.32. The van der Waals surface area contributed by atoms with Crippen molar-refractivity contribution in [3.63, 3.8) is 0 Å². The quantitative estimate of drug-likeness (QED) is 0.652. The first kappa shape index (κ1) is 20.1. The summed E-state index contributed by atoms with van der Waals surface area (Å²) in [5.41, 5.74) is -0.419. The predicted molar refractivity (Wildman–Crippen MR) is 94.2 cm³/mol. The van der Waals surface area contributed by atoms with Gasteiger partial charge in [-0.2, -0.15) is 0 Å². The van der Waals surface area contributed by atoms with Gasteiger partial charge in [0.1, 0.15) is 4.21 Å². The third-order valence-electron chi connectivity index (χ3n) is 3.31. The highest BCUT2D eigenvalue weighted by molar-refractivity contribution is 7.91. The van der Waals surface area contributed by atoms with E-state index in [9.17, 15) is 13.2 Å². The molecule has 0 bridgehead atoms. The van der Waals surface area contributed by atoms with Gasteiger partial charge in [-0.05, 0) is 32.5 Å². The Balaban J connectivity index is 2.56. The molecule has 0 aliphatic carbocycles. The van der Waals surface area contributed by atoms with Gasteiger partial charge in [-0.25, -0.2) is 13.1 Å². The smallest absolute Gasteiger partial charge is 0.250 e. The van der Waals surface area contributed by atoms with Crippen LogP contribution >= 0.6 is 11.3 Å². The number of hydrogen-bond acceptors (Lipinski definition) is 5. The summed E-state index contributed by atoms with van der Waals surface area (Å²) in [6.07, 6.45) is 0.620. The molecule has 3 N–H and O–H groups in total. The second kappa shape index (κ2) is 8.23. The molecule has 0 aromatic carbocycles. The SMILES string of the molecule is CNC(C)CNS(=O)(=O)c1ccc(CCNC(=O)C(C)(C)C)s1. The van der Waals surface area contributed by atoms with Crippen LogP contribution in [0.5, 0.6) is 0 Å². The van der Waals surface area contributed by atoms with Crippen molar-refractivity contribution in [1.29, 1.82) is 0 Å². The molecule has 23 heavy (non-hydrogen) atoms. The second-order valence-electron chi connectivity index (χ2n) is 6.52. The van der Waals surface area contributed by atoms with E-state index in [2.05, 4.69) is 15.4 Å². The molecule has 0 saturated heterocycles. The molecule has 8 heteroatoms. The zero-order valence-electron chi connectivity index (χ0n) is 14.4. The van der Waals surface area contributed by atoms with Crippen molar-refractivity contribution in [2.24, 2.45) is 5.41 Å². The normalized spacial score (nSPS) is 13.8. The number of likely N-dealkylation sites (N-methyl/N-ethyl adjacent to an activating group) is 1. The fraction of sp³-hybridized carbons (Fsp3) is 0.667. The first-order valence-corrected chi connectivity index (χ1v) is 9.90. The lowest BCUT2D eigenvalue weighted by Gasteiger charge is -2.17. The van der Waals surface area contributed by atoms with Crippen LogP contribution in [0.3, 0.4) is 0 Å². The Morgan fingerprint density at radius 3 is 2.52 bits per heavy atom. The van der Waals surface area contributed by atoms with Gasteiger partial charge in [-0.1, -0.05) is 20.8 Å². The number of hydrogen-bond donors (Lipinski definition) is 3. The highest BCUT2D eigenvalue weighted by atomic mass is 32.2. The molecule has 0 spiro atoms. The molecular weight excluding hydrogens is 334 g/mol. The third kappa shape index (κ3) is 6.58. The maximum Gasteiger partial charge on any atom is 0.250 e. The van der Waals surface area contributed by atoms with Gasteiger partial charge in [-0.15, -0.1) is 11.3 Å². The highest BCUT2D eigenvalue weighted by Crippen LogP contribution is 2.22. The molecule has 6 nitrogen and oxygen atoms in total. The van der Waals surface area contributed by atoms with E-state index in [0.717, 1.165) is 4.88 Å². The Morgan fingerprint density at radius 2 is 1.96 bits per heavy atom. The Kier molecular flexibility index (Phi) is 7.19. The molecule has 1 rings (SSSR count). The van der Waals surface area contributed by atoms with Crippen LogP contribution in [-0.4, -0.2) is 40.5 Å². The van der Waals surface area contributed by atoms with E-state index in [4.69, 9.17) is 0 Å². The minimum Gasteiger partial charge on any atom is -0.355 e. The molecule has 1 amide bonds. The molecule has 0 aliphatic rings. The van der Waals surface area contributed by atoms with Gasteiger partial charge in [0.05, 0.1) is 0 Å². The van der Waals surface area contributed by atoms with Crippen LogP contribution in [0.25, 0.3) is 0 Å². The number of sulfonamides is 1. The zero-order chi connectivity index (χ0) is 17.7. The molecule has 1 atom stereocenters. The van der Waals surface area contributed by atoms with Crippen LogP contribution in [0.4, 0.5) is 0 Å². The van der Waals surface area contributed by atoms with E-state index < -0.39 is 15.4 Å². The van der Waals surface area contributed by atoms with Gasteiger partial charge < -0.3 is 10.6 Å². The van der Waals surface area contributed by atoms with Gasteiger partial charge in [0.15, 0.2) is 0 Å². The minimum absolute atomic E-state index is 0.00961. The Hall–Kier alpha value is -0.960. The molecule has 0 fully saturated rings. The first-order valence-electron chi connectivity index (χ1n) is 7.60. The maximum atomic E-state index is 12.2. The number of carbonyl (C=O) groups is 1. The van der Waals surface area contributed by atoms with Crippen LogP contribution in [0.2, 0.25) is 0 Å². The van der Waals surface area contributed by atoms with Crippen LogP contribution in [0.1, 0.15) is 32.6 Å². The average molecular weight is 362 g/mol. The highest BCUT2D eigenvalue weighted by Gasteiger charge is 2.21. The van der Waals surface area contributed by atoms with Crippen molar-refractivity contribution in [3.05, 3.63) is 17.0 Å². The van der Waals surface area contributed by atoms with Gasteiger partial charge in [-0.3, -0.25) is 4.79 Å². The first-order chi connectivity index (χ1) is 10.6. The molecule has 1 aromatic rings. The van der Waals surface area contributed by atoms with Crippen molar-refractivity contribution in [1.82, 2.24) is 15.4 Å². The number of amides is 1. The molecule has 0 radical (unpaired) electrons. The van der Waals surface area contributed by atoms with E-state index in [1.807, 2.05) is 27.7 Å². The van der Waals surface area contributed by atoms with Gasteiger partial charge in [0.2, 0.25) is 15.9 Å². The average Bonchev–Trinajstić information content (AvgIpc) is 2.93. The summed E-state index contributed by atoms with van der Waals surface area (Å²) in [4.78, 5) is 12.7. The van der Waals surface area contributed by atoms with E-state index >= 15 is 0 Å². The van der Waals surface area contributed by atoms with Crippen molar-refractivity contribution in [2.45, 2.75) is 44.4 Å². The van der Waals surface area contributed by atoms with Crippen molar-refractivity contribution >= 4 is 27.3 Å².